The molecule has 1 saturated heterocycles. The van der Waals surface area contributed by atoms with Crippen LogP contribution < -0.4 is 11.1 Å². The Labute approximate surface area is 106 Å². The summed E-state index contributed by atoms with van der Waals surface area (Å²) in [5.41, 5.74) is 7.24. The van der Waals surface area contributed by atoms with Gasteiger partial charge >= 0.3 is 0 Å². The van der Waals surface area contributed by atoms with Crippen molar-refractivity contribution < 1.29 is 14.1 Å². The highest BCUT2D eigenvalue weighted by molar-refractivity contribution is 5.81. The second-order valence-corrected chi connectivity index (χ2v) is 4.58. The molecule has 18 heavy (non-hydrogen) atoms. The largest absolute Gasteiger partial charge is 0.364 e. The van der Waals surface area contributed by atoms with Gasteiger partial charge in [-0.05, 0) is 26.7 Å². The molecule has 1 fully saturated rings. The van der Waals surface area contributed by atoms with Gasteiger partial charge in [0.2, 0.25) is 5.91 Å². The third-order valence-corrected chi connectivity index (χ3v) is 3.28. The zero-order valence-corrected chi connectivity index (χ0v) is 10.7. The molecule has 1 aliphatic heterocycles. The Balaban J connectivity index is 1.86. The summed E-state index contributed by atoms with van der Waals surface area (Å²) < 4.78 is 10.6. The minimum atomic E-state index is -0.376. The molecule has 0 spiro atoms. The van der Waals surface area contributed by atoms with Crippen molar-refractivity contribution in [3.8, 4) is 0 Å². The predicted octanol–water partition coefficient (Wildman–Crippen LogP) is 0.414. The van der Waals surface area contributed by atoms with Gasteiger partial charge in [-0.3, -0.25) is 4.79 Å². The Morgan fingerprint density at radius 3 is 2.83 bits per heavy atom. The minimum absolute atomic E-state index is 0.0137. The summed E-state index contributed by atoms with van der Waals surface area (Å²) in [4.78, 5) is 11.9. The van der Waals surface area contributed by atoms with Crippen molar-refractivity contribution >= 4 is 5.91 Å². The molecule has 2 heterocycles. The molecule has 2 rings (SSSR count). The number of hydrogen-bond acceptors (Lipinski definition) is 5. The molecule has 6 heteroatoms. The number of ether oxygens (including phenoxy) is 1. The van der Waals surface area contributed by atoms with Crippen LogP contribution in [-0.4, -0.2) is 29.8 Å². The van der Waals surface area contributed by atoms with Gasteiger partial charge in [0.25, 0.3) is 0 Å². The lowest BCUT2D eigenvalue weighted by molar-refractivity contribution is -0.132. The Hall–Kier alpha value is -1.40. The Morgan fingerprint density at radius 2 is 2.28 bits per heavy atom. The monoisotopic (exact) mass is 253 g/mol. The van der Waals surface area contributed by atoms with Crippen molar-refractivity contribution in [3.63, 3.8) is 0 Å². The average Bonchev–Trinajstić information content (AvgIpc) is 2.95. The van der Waals surface area contributed by atoms with Crippen molar-refractivity contribution in [2.75, 3.05) is 6.54 Å². The van der Waals surface area contributed by atoms with Gasteiger partial charge < -0.3 is 20.3 Å². The van der Waals surface area contributed by atoms with Crippen LogP contribution in [0.25, 0.3) is 0 Å². The van der Waals surface area contributed by atoms with Crippen LogP contribution in [0.2, 0.25) is 0 Å². The van der Waals surface area contributed by atoms with Crippen LogP contribution >= 0.6 is 0 Å². The Morgan fingerprint density at radius 1 is 1.50 bits per heavy atom. The second kappa shape index (κ2) is 5.49. The van der Waals surface area contributed by atoms with Gasteiger partial charge in [0.15, 0.2) is 0 Å². The Bertz CT molecular complexity index is 411. The van der Waals surface area contributed by atoms with E-state index in [9.17, 15) is 4.79 Å². The fourth-order valence-electron chi connectivity index (χ4n) is 2.12. The SMILES string of the molecule is Cc1noc(C)c1CNC(=O)C1CCC(CN)O1. The molecule has 3 N–H and O–H groups in total. The fraction of sp³-hybridized carbons (Fsp3) is 0.667. The smallest absolute Gasteiger partial charge is 0.249 e. The van der Waals surface area contributed by atoms with E-state index in [1.807, 2.05) is 13.8 Å². The topological polar surface area (TPSA) is 90.4 Å². The second-order valence-electron chi connectivity index (χ2n) is 4.58. The van der Waals surface area contributed by atoms with E-state index in [0.29, 0.717) is 13.1 Å². The zero-order chi connectivity index (χ0) is 13.1. The van der Waals surface area contributed by atoms with Gasteiger partial charge in [0.1, 0.15) is 11.9 Å². The number of aryl methyl sites for hydroxylation is 2. The standard InChI is InChI=1S/C12H19N3O3/c1-7-10(8(2)18-15-7)6-14-12(16)11-4-3-9(5-13)17-11/h9,11H,3-6,13H2,1-2H3,(H,14,16). The number of nitrogens with zero attached hydrogens (tertiary/aromatic N) is 1. The van der Waals surface area contributed by atoms with E-state index in [1.54, 1.807) is 0 Å². The molecule has 0 aliphatic carbocycles. The lowest BCUT2D eigenvalue weighted by Gasteiger charge is -2.12. The van der Waals surface area contributed by atoms with Gasteiger partial charge in [0.05, 0.1) is 11.8 Å². The van der Waals surface area contributed by atoms with E-state index < -0.39 is 0 Å². The van der Waals surface area contributed by atoms with Crippen LogP contribution in [0.4, 0.5) is 0 Å². The summed E-state index contributed by atoms with van der Waals surface area (Å²) in [6, 6.07) is 0. The molecule has 0 radical (unpaired) electrons. The highest BCUT2D eigenvalue weighted by atomic mass is 16.5. The van der Waals surface area contributed by atoms with Crippen molar-refractivity contribution in [2.45, 2.75) is 45.4 Å². The number of aromatic nitrogens is 1. The number of carbonyl (C=O) groups excluding carboxylic acids is 1. The summed E-state index contributed by atoms with van der Waals surface area (Å²) in [6.07, 6.45) is 1.22. The van der Waals surface area contributed by atoms with Crippen LogP contribution in [0.15, 0.2) is 4.52 Å². The molecular weight excluding hydrogens is 234 g/mol. The quantitative estimate of drug-likeness (QED) is 0.811. The lowest BCUT2D eigenvalue weighted by atomic mass is 10.1. The number of rotatable bonds is 4. The molecule has 1 aliphatic rings. The first kappa shape index (κ1) is 13.0. The van der Waals surface area contributed by atoms with Crippen molar-refractivity contribution in [1.82, 2.24) is 10.5 Å². The zero-order valence-electron chi connectivity index (χ0n) is 10.7. The van der Waals surface area contributed by atoms with Gasteiger partial charge in [-0.2, -0.15) is 0 Å². The first-order valence-electron chi connectivity index (χ1n) is 6.16. The van der Waals surface area contributed by atoms with Crippen molar-refractivity contribution in [2.24, 2.45) is 5.73 Å². The molecule has 100 valence electrons. The molecule has 0 aromatic carbocycles. The van der Waals surface area contributed by atoms with Gasteiger partial charge in [-0.1, -0.05) is 5.16 Å². The number of nitrogens with two attached hydrogens (primary N) is 1. The maximum atomic E-state index is 11.9. The third-order valence-electron chi connectivity index (χ3n) is 3.28. The van der Waals surface area contributed by atoms with E-state index in [2.05, 4.69) is 10.5 Å². The highest BCUT2D eigenvalue weighted by Gasteiger charge is 2.29. The van der Waals surface area contributed by atoms with Crippen LogP contribution in [-0.2, 0) is 16.1 Å². The van der Waals surface area contributed by atoms with E-state index in [1.165, 1.54) is 0 Å². The summed E-state index contributed by atoms with van der Waals surface area (Å²) in [5.74, 6) is 0.644. The summed E-state index contributed by atoms with van der Waals surface area (Å²) in [5, 5.41) is 6.69. The molecule has 1 amide bonds. The maximum Gasteiger partial charge on any atom is 0.249 e. The van der Waals surface area contributed by atoms with Gasteiger partial charge in [0, 0.05) is 18.7 Å². The van der Waals surface area contributed by atoms with Crippen LogP contribution in [0.3, 0.4) is 0 Å². The molecule has 6 nitrogen and oxygen atoms in total. The highest BCUT2D eigenvalue weighted by Crippen LogP contribution is 2.19. The first-order chi connectivity index (χ1) is 8.61. The molecule has 0 bridgehead atoms. The normalized spacial score (nSPS) is 23.3. The predicted molar refractivity (Wildman–Crippen MR) is 64.8 cm³/mol. The molecule has 1 aromatic rings. The van der Waals surface area contributed by atoms with Gasteiger partial charge in [-0.15, -0.1) is 0 Å². The fourth-order valence-corrected chi connectivity index (χ4v) is 2.12. The maximum absolute atomic E-state index is 11.9. The van der Waals surface area contributed by atoms with Crippen LogP contribution in [0, 0.1) is 13.8 Å². The number of carbonyl (C=O) groups is 1. The summed E-state index contributed by atoms with van der Waals surface area (Å²) in [7, 11) is 0. The summed E-state index contributed by atoms with van der Waals surface area (Å²) in [6.45, 7) is 4.58. The number of hydrogen-bond donors (Lipinski definition) is 2. The first-order valence-corrected chi connectivity index (χ1v) is 6.16. The molecule has 2 unspecified atom stereocenters. The molecule has 0 saturated carbocycles. The number of nitrogens with one attached hydrogen (secondary N) is 1. The van der Waals surface area contributed by atoms with Crippen molar-refractivity contribution in [1.29, 1.82) is 0 Å². The van der Waals surface area contributed by atoms with E-state index in [-0.39, 0.29) is 18.1 Å². The third kappa shape index (κ3) is 2.70. The molecule has 1 aromatic heterocycles. The van der Waals surface area contributed by atoms with Crippen molar-refractivity contribution in [3.05, 3.63) is 17.0 Å². The molecular formula is C12H19N3O3. The van der Waals surface area contributed by atoms with Crippen LogP contribution in [0.1, 0.15) is 29.9 Å². The van der Waals surface area contributed by atoms with E-state index in [4.69, 9.17) is 15.0 Å². The average molecular weight is 253 g/mol. The number of amides is 1. The minimum Gasteiger partial charge on any atom is -0.364 e. The summed E-state index contributed by atoms with van der Waals surface area (Å²) >= 11 is 0. The van der Waals surface area contributed by atoms with Gasteiger partial charge in [-0.25, -0.2) is 0 Å². The Kier molecular flexibility index (Phi) is 3.98. The van der Waals surface area contributed by atoms with Crippen LogP contribution in [0.5, 0.6) is 0 Å². The lowest BCUT2D eigenvalue weighted by Crippen LogP contribution is -2.35. The van der Waals surface area contributed by atoms with E-state index >= 15 is 0 Å². The van der Waals surface area contributed by atoms with E-state index in [0.717, 1.165) is 29.9 Å². The molecule has 2 atom stereocenters.